The lowest BCUT2D eigenvalue weighted by atomic mass is 9.94. The minimum Gasteiger partial charge on any atom is -0.314 e. The van der Waals surface area contributed by atoms with E-state index in [0.717, 1.165) is 12.0 Å². The third kappa shape index (κ3) is 5.49. The van der Waals surface area contributed by atoms with Gasteiger partial charge in [-0.1, -0.05) is 38.0 Å². The molecule has 20 heavy (non-hydrogen) atoms. The summed E-state index contributed by atoms with van der Waals surface area (Å²) in [6, 6.07) is 11.6. The summed E-state index contributed by atoms with van der Waals surface area (Å²) in [5.74, 6) is 2.20. The maximum absolute atomic E-state index is 3.80. The molecule has 1 aromatic carbocycles. The molecule has 0 amide bonds. The van der Waals surface area contributed by atoms with Gasteiger partial charge in [0.2, 0.25) is 0 Å². The monoisotopic (exact) mass is 291 g/mol. The van der Waals surface area contributed by atoms with Crippen LogP contribution in [0.25, 0.3) is 0 Å². The highest BCUT2D eigenvalue weighted by Gasteiger charge is 2.23. The molecule has 0 heterocycles. The molecule has 1 nitrogen and oxygen atoms in total. The van der Waals surface area contributed by atoms with Crippen LogP contribution in [0.2, 0.25) is 0 Å². The maximum atomic E-state index is 3.80. The van der Waals surface area contributed by atoms with Gasteiger partial charge < -0.3 is 5.32 Å². The first-order chi connectivity index (χ1) is 9.90. The van der Waals surface area contributed by atoms with E-state index in [1.807, 2.05) is 11.8 Å². The van der Waals surface area contributed by atoms with Crippen LogP contribution in [0, 0.1) is 5.92 Å². The highest BCUT2D eigenvalue weighted by atomic mass is 32.2. The van der Waals surface area contributed by atoms with Crippen molar-refractivity contribution in [3.63, 3.8) is 0 Å². The molecule has 1 saturated carbocycles. The zero-order valence-electron chi connectivity index (χ0n) is 12.8. The molecule has 1 fully saturated rings. The summed E-state index contributed by atoms with van der Waals surface area (Å²) in [6.07, 6.45) is 9.74. The van der Waals surface area contributed by atoms with Crippen LogP contribution in [0.5, 0.6) is 0 Å². The van der Waals surface area contributed by atoms with Gasteiger partial charge in [-0.15, -0.1) is 11.8 Å². The highest BCUT2D eigenvalue weighted by Crippen LogP contribution is 2.30. The predicted octanol–water partition coefficient (Wildman–Crippen LogP) is 5.12. The Morgan fingerprint density at radius 1 is 1.20 bits per heavy atom. The Hall–Kier alpha value is -0.470. The average Bonchev–Trinajstić information content (AvgIpc) is 3.02. The molecule has 2 heteroatoms. The van der Waals surface area contributed by atoms with Gasteiger partial charge in [0.05, 0.1) is 0 Å². The molecule has 1 aliphatic rings. The van der Waals surface area contributed by atoms with Crippen LogP contribution in [0.1, 0.15) is 51.9 Å². The summed E-state index contributed by atoms with van der Waals surface area (Å²) >= 11 is 2.00. The van der Waals surface area contributed by atoms with Crippen molar-refractivity contribution >= 4 is 11.8 Å². The van der Waals surface area contributed by atoms with Crippen LogP contribution >= 0.6 is 11.8 Å². The Morgan fingerprint density at radius 2 is 1.95 bits per heavy atom. The first-order valence-electron chi connectivity index (χ1n) is 8.31. The third-order valence-electron chi connectivity index (χ3n) is 4.30. The second-order valence-electron chi connectivity index (χ2n) is 5.91. The molecule has 0 aromatic heterocycles. The quantitative estimate of drug-likeness (QED) is 0.501. The smallest absolute Gasteiger partial charge is 0.00956 e. The maximum Gasteiger partial charge on any atom is 0.00956 e. The molecule has 0 spiro atoms. The van der Waals surface area contributed by atoms with Gasteiger partial charge in [-0.25, -0.2) is 0 Å². The van der Waals surface area contributed by atoms with Gasteiger partial charge in [-0.3, -0.25) is 0 Å². The number of benzene rings is 1. The summed E-state index contributed by atoms with van der Waals surface area (Å²) in [7, 11) is 0. The fourth-order valence-corrected chi connectivity index (χ4v) is 4.10. The molecule has 112 valence electrons. The summed E-state index contributed by atoms with van der Waals surface area (Å²) in [6.45, 7) is 3.46. The van der Waals surface area contributed by atoms with Crippen molar-refractivity contribution in [2.45, 2.75) is 62.8 Å². The van der Waals surface area contributed by atoms with Crippen molar-refractivity contribution in [1.82, 2.24) is 5.32 Å². The summed E-state index contributed by atoms with van der Waals surface area (Å²) in [4.78, 5) is 1.41. The van der Waals surface area contributed by atoms with E-state index < -0.39 is 0 Å². The molecule has 0 bridgehead atoms. The van der Waals surface area contributed by atoms with Crippen molar-refractivity contribution in [1.29, 1.82) is 0 Å². The zero-order valence-corrected chi connectivity index (χ0v) is 13.6. The van der Waals surface area contributed by atoms with E-state index in [2.05, 4.69) is 42.6 Å². The van der Waals surface area contributed by atoms with Crippen molar-refractivity contribution < 1.29 is 0 Å². The van der Waals surface area contributed by atoms with Gasteiger partial charge in [-0.2, -0.15) is 0 Å². The fourth-order valence-electron chi connectivity index (χ4n) is 3.20. The predicted molar refractivity (Wildman–Crippen MR) is 90.4 cm³/mol. The molecule has 2 rings (SSSR count). The standard InChI is InChI=1S/C18H29NS/c1-2-14-19-18(16-9-6-7-10-16)13-8-15-20-17-11-4-3-5-12-17/h3-5,11-12,16,18-19H,2,6-10,13-15H2,1H3. The van der Waals surface area contributed by atoms with E-state index in [1.54, 1.807) is 0 Å². The first kappa shape index (κ1) is 15.9. The Morgan fingerprint density at radius 3 is 2.65 bits per heavy atom. The van der Waals surface area contributed by atoms with Crippen LogP contribution in [0.4, 0.5) is 0 Å². The van der Waals surface area contributed by atoms with Crippen LogP contribution in [-0.2, 0) is 0 Å². The number of hydrogen-bond acceptors (Lipinski definition) is 2. The van der Waals surface area contributed by atoms with Gasteiger partial charge in [-0.05, 0) is 62.5 Å². The van der Waals surface area contributed by atoms with E-state index in [0.29, 0.717) is 0 Å². The van der Waals surface area contributed by atoms with E-state index in [1.165, 1.54) is 62.1 Å². The molecular weight excluding hydrogens is 262 g/mol. The molecule has 1 atom stereocenters. The molecule has 1 aromatic rings. The lowest BCUT2D eigenvalue weighted by Crippen LogP contribution is -2.35. The third-order valence-corrected chi connectivity index (χ3v) is 5.40. The van der Waals surface area contributed by atoms with E-state index in [9.17, 15) is 0 Å². The van der Waals surface area contributed by atoms with Crippen molar-refractivity contribution in [3.8, 4) is 0 Å². The summed E-state index contributed by atoms with van der Waals surface area (Å²) in [5.41, 5.74) is 0. The molecule has 0 saturated heterocycles. The van der Waals surface area contributed by atoms with Crippen molar-refractivity contribution in [3.05, 3.63) is 30.3 Å². The van der Waals surface area contributed by atoms with E-state index >= 15 is 0 Å². The van der Waals surface area contributed by atoms with Crippen molar-refractivity contribution in [2.24, 2.45) is 5.92 Å². The molecule has 1 unspecified atom stereocenters. The van der Waals surface area contributed by atoms with Crippen LogP contribution in [0.3, 0.4) is 0 Å². The molecular formula is C18H29NS. The first-order valence-corrected chi connectivity index (χ1v) is 9.30. The second kappa shape index (κ2) is 9.46. The van der Waals surface area contributed by atoms with Gasteiger partial charge in [0.25, 0.3) is 0 Å². The fraction of sp³-hybridized carbons (Fsp3) is 0.667. The SMILES string of the molecule is CCCNC(CCCSc1ccccc1)C1CCCC1. The summed E-state index contributed by atoms with van der Waals surface area (Å²) < 4.78 is 0. The largest absolute Gasteiger partial charge is 0.314 e. The minimum absolute atomic E-state index is 0.772. The van der Waals surface area contributed by atoms with E-state index in [-0.39, 0.29) is 0 Å². The minimum atomic E-state index is 0.772. The Kier molecular flexibility index (Phi) is 7.53. The lowest BCUT2D eigenvalue weighted by molar-refractivity contribution is 0.339. The normalized spacial score (nSPS) is 17.4. The molecule has 0 aliphatic heterocycles. The van der Waals surface area contributed by atoms with Crippen LogP contribution in [0.15, 0.2) is 35.2 Å². The topological polar surface area (TPSA) is 12.0 Å². The molecule has 1 aliphatic carbocycles. The van der Waals surface area contributed by atoms with Crippen molar-refractivity contribution in [2.75, 3.05) is 12.3 Å². The van der Waals surface area contributed by atoms with Gasteiger partial charge in [0.1, 0.15) is 0 Å². The van der Waals surface area contributed by atoms with Gasteiger partial charge in [0.15, 0.2) is 0 Å². The Bertz CT molecular complexity index is 346. The second-order valence-corrected chi connectivity index (χ2v) is 7.08. The number of nitrogens with one attached hydrogen (secondary N) is 1. The average molecular weight is 292 g/mol. The summed E-state index contributed by atoms with van der Waals surface area (Å²) in [5, 5.41) is 3.80. The number of thioether (sulfide) groups is 1. The van der Waals surface area contributed by atoms with Gasteiger partial charge in [0, 0.05) is 10.9 Å². The Labute approximate surface area is 128 Å². The molecule has 0 radical (unpaired) electrons. The molecule has 1 N–H and O–H groups in total. The van der Waals surface area contributed by atoms with Gasteiger partial charge >= 0.3 is 0 Å². The zero-order chi connectivity index (χ0) is 14.0. The highest BCUT2D eigenvalue weighted by molar-refractivity contribution is 7.99. The number of rotatable bonds is 9. The van der Waals surface area contributed by atoms with Crippen LogP contribution in [-0.4, -0.2) is 18.3 Å². The van der Waals surface area contributed by atoms with E-state index in [4.69, 9.17) is 0 Å². The Balaban J connectivity index is 1.68. The number of hydrogen-bond donors (Lipinski definition) is 1. The lowest BCUT2D eigenvalue weighted by Gasteiger charge is -2.24. The van der Waals surface area contributed by atoms with Crippen LogP contribution < -0.4 is 5.32 Å².